The number of aliphatic imine (C=N–C) groups is 1. The van der Waals surface area contributed by atoms with Crippen molar-refractivity contribution in [1.29, 1.82) is 0 Å². The molecule has 0 spiro atoms. The zero-order valence-electron chi connectivity index (χ0n) is 11.3. The van der Waals surface area contributed by atoms with Gasteiger partial charge in [-0.05, 0) is 37.5 Å². The van der Waals surface area contributed by atoms with E-state index >= 15 is 0 Å². The first-order valence-corrected chi connectivity index (χ1v) is 6.28. The number of anilines is 1. The van der Waals surface area contributed by atoms with Crippen LogP contribution >= 0.6 is 0 Å². The molecule has 0 amide bonds. The van der Waals surface area contributed by atoms with Crippen molar-refractivity contribution in [2.24, 2.45) is 4.99 Å². The van der Waals surface area contributed by atoms with Gasteiger partial charge in [0.2, 0.25) is 6.08 Å². The predicted octanol–water partition coefficient (Wildman–Crippen LogP) is 3.49. The first-order chi connectivity index (χ1) is 9.30. The van der Waals surface area contributed by atoms with Gasteiger partial charge in [-0.15, -0.1) is 0 Å². The van der Waals surface area contributed by atoms with Crippen LogP contribution < -0.4 is 4.90 Å². The van der Waals surface area contributed by atoms with Crippen LogP contribution in [-0.4, -0.2) is 20.2 Å². The molecule has 0 saturated heterocycles. The first-order valence-electron chi connectivity index (χ1n) is 6.28. The number of hydrogen-bond donors (Lipinski definition) is 0. The molecule has 1 aliphatic carbocycles. The number of alkyl halides is 3. The predicted molar refractivity (Wildman–Crippen MR) is 69.4 cm³/mol. The van der Waals surface area contributed by atoms with Gasteiger partial charge in [0.1, 0.15) is 5.54 Å². The third-order valence-electron chi connectivity index (χ3n) is 3.75. The maximum atomic E-state index is 12.9. The molecule has 20 heavy (non-hydrogen) atoms. The Hall–Kier alpha value is -1.81. The number of benzene rings is 1. The van der Waals surface area contributed by atoms with Gasteiger partial charge in [-0.2, -0.15) is 18.2 Å². The molecule has 0 aromatic heterocycles. The summed E-state index contributed by atoms with van der Waals surface area (Å²) < 4.78 is 38.6. The van der Waals surface area contributed by atoms with Gasteiger partial charge >= 0.3 is 6.18 Å². The highest BCUT2D eigenvalue weighted by molar-refractivity contribution is 5.59. The highest BCUT2D eigenvalue weighted by atomic mass is 19.4. The first kappa shape index (κ1) is 14.6. The van der Waals surface area contributed by atoms with Gasteiger partial charge in [0, 0.05) is 25.3 Å². The summed E-state index contributed by atoms with van der Waals surface area (Å²) in [6, 6.07) is 3.59. The number of isocyanates is 1. The number of halogens is 3. The number of carbonyl (C=O) groups excluding carboxylic acids is 1. The average Bonchev–Trinajstić information content (AvgIpc) is 2.32. The minimum absolute atomic E-state index is 0.451. The summed E-state index contributed by atoms with van der Waals surface area (Å²) in [6.45, 7) is 0. The smallest absolute Gasteiger partial charge is 0.377 e. The van der Waals surface area contributed by atoms with Crippen LogP contribution in [0.1, 0.15) is 30.4 Å². The summed E-state index contributed by atoms with van der Waals surface area (Å²) >= 11 is 0. The Bertz CT molecular complexity index is 556. The van der Waals surface area contributed by atoms with E-state index in [4.69, 9.17) is 0 Å². The molecule has 1 saturated carbocycles. The zero-order chi connectivity index (χ0) is 15.0. The van der Waals surface area contributed by atoms with Crippen LogP contribution in [0.15, 0.2) is 23.2 Å². The van der Waals surface area contributed by atoms with E-state index in [-0.39, 0.29) is 0 Å². The quantitative estimate of drug-likeness (QED) is 0.628. The standard InChI is InChI=1S/C14H15F3N2O/c1-19(2)12-5-4-10(14(15,16)17)8-11(12)13(18-9-20)6-3-7-13/h4-5,8H,3,6-7H2,1-2H3. The lowest BCUT2D eigenvalue weighted by Crippen LogP contribution is -2.34. The van der Waals surface area contributed by atoms with E-state index in [2.05, 4.69) is 4.99 Å². The van der Waals surface area contributed by atoms with Gasteiger partial charge in [-0.25, -0.2) is 4.79 Å². The molecule has 108 valence electrons. The van der Waals surface area contributed by atoms with Gasteiger partial charge in [0.25, 0.3) is 0 Å². The summed E-state index contributed by atoms with van der Waals surface area (Å²) in [5, 5.41) is 0. The molecule has 0 N–H and O–H groups in total. The second-order valence-electron chi connectivity index (χ2n) is 5.21. The van der Waals surface area contributed by atoms with Crippen molar-refractivity contribution in [3.05, 3.63) is 29.3 Å². The summed E-state index contributed by atoms with van der Waals surface area (Å²) in [6.07, 6.45) is -0.910. The van der Waals surface area contributed by atoms with E-state index in [0.717, 1.165) is 18.6 Å². The van der Waals surface area contributed by atoms with Gasteiger partial charge in [0.05, 0.1) is 5.56 Å². The maximum absolute atomic E-state index is 12.9. The molecule has 1 aliphatic rings. The molecule has 3 nitrogen and oxygen atoms in total. The van der Waals surface area contributed by atoms with Crippen molar-refractivity contribution in [3.63, 3.8) is 0 Å². The minimum atomic E-state index is -4.41. The van der Waals surface area contributed by atoms with Crippen molar-refractivity contribution in [2.45, 2.75) is 31.0 Å². The van der Waals surface area contributed by atoms with Crippen molar-refractivity contribution in [2.75, 3.05) is 19.0 Å². The molecule has 6 heteroatoms. The Morgan fingerprint density at radius 3 is 2.35 bits per heavy atom. The Morgan fingerprint density at radius 2 is 1.95 bits per heavy atom. The van der Waals surface area contributed by atoms with Crippen LogP contribution in [0.3, 0.4) is 0 Å². The van der Waals surface area contributed by atoms with Crippen LogP contribution in [0, 0.1) is 0 Å². The van der Waals surface area contributed by atoms with Crippen molar-refractivity contribution in [3.8, 4) is 0 Å². The monoisotopic (exact) mass is 284 g/mol. The molecule has 0 aliphatic heterocycles. The molecule has 1 fully saturated rings. The molecule has 2 rings (SSSR count). The van der Waals surface area contributed by atoms with E-state index in [0.29, 0.717) is 24.1 Å². The molecule has 0 heterocycles. The highest BCUT2D eigenvalue weighted by Crippen LogP contribution is 2.49. The number of nitrogens with zero attached hydrogens (tertiary/aromatic N) is 2. The third kappa shape index (κ3) is 2.43. The molecular formula is C14H15F3N2O. The average molecular weight is 284 g/mol. The minimum Gasteiger partial charge on any atom is -0.377 e. The van der Waals surface area contributed by atoms with Crippen LogP contribution in [0.2, 0.25) is 0 Å². The summed E-state index contributed by atoms with van der Waals surface area (Å²) in [7, 11) is 3.51. The lowest BCUT2D eigenvalue weighted by Gasteiger charge is -2.39. The molecule has 0 bridgehead atoms. The van der Waals surface area contributed by atoms with Crippen molar-refractivity contribution < 1.29 is 18.0 Å². The second-order valence-corrected chi connectivity index (χ2v) is 5.21. The molecule has 1 aromatic carbocycles. The zero-order valence-corrected chi connectivity index (χ0v) is 11.3. The molecular weight excluding hydrogens is 269 g/mol. The van der Waals surface area contributed by atoms with E-state index in [9.17, 15) is 18.0 Å². The number of rotatable bonds is 3. The summed E-state index contributed by atoms with van der Waals surface area (Å²) in [5.74, 6) is 0. The van der Waals surface area contributed by atoms with Crippen LogP contribution in [0.5, 0.6) is 0 Å². The normalized spacial score (nSPS) is 17.1. The Kier molecular flexibility index (Phi) is 3.61. The lowest BCUT2D eigenvalue weighted by molar-refractivity contribution is -0.137. The second kappa shape index (κ2) is 4.94. The summed E-state index contributed by atoms with van der Waals surface area (Å²) in [4.78, 5) is 16.2. The fourth-order valence-electron chi connectivity index (χ4n) is 2.52. The largest absolute Gasteiger partial charge is 0.416 e. The number of hydrogen-bond acceptors (Lipinski definition) is 3. The van der Waals surface area contributed by atoms with E-state index in [1.165, 1.54) is 12.1 Å². The highest BCUT2D eigenvalue weighted by Gasteiger charge is 2.42. The lowest BCUT2D eigenvalue weighted by atomic mass is 9.71. The van der Waals surface area contributed by atoms with Gasteiger partial charge in [-0.1, -0.05) is 0 Å². The molecule has 0 atom stereocenters. The van der Waals surface area contributed by atoms with Crippen molar-refractivity contribution >= 4 is 11.8 Å². The van der Waals surface area contributed by atoms with E-state index in [1.807, 2.05) is 0 Å². The maximum Gasteiger partial charge on any atom is 0.416 e. The molecule has 0 radical (unpaired) electrons. The summed E-state index contributed by atoms with van der Waals surface area (Å²) in [5.41, 5.74) is -0.461. The molecule has 1 aromatic rings. The van der Waals surface area contributed by atoms with Crippen molar-refractivity contribution in [1.82, 2.24) is 0 Å². The van der Waals surface area contributed by atoms with Gasteiger partial charge in [0.15, 0.2) is 0 Å². The fraction of sp³-hybridized carbons (Fsp3) is 0.500. The van der Waals surface area contributed by atoms with Gasteiger partial charge in [-0.3, -0.25) is 0 Å². The third-order valence-corrected chi connectivity index (χ3v) is 3.75. The van der Waals surface area contributed by atoms with Crippen LogP contribution in [0.4, 0.5) is 18.9 Å². The van der Waals surface area contributed by atoms with E-state index < -0.39 is 17.3 Å². The Morgan fingerprint density at radius 1 is 1.30 bits per heavy atom. The van der Waals surface area contributed by atoms with Crippen LogP contribution in [-0.2, 0) is 16.5 Å². The van der Waals surface area contributed by atoms with Gasteiger partial charge < -0.3 is 4.90 Å². The van der Waals surface area contributed by atoms with Crippen LogP contribution in [0.25, 0.3) is 0 Å². The SMILES string of the molecule is CN(C)c1ccc(C(F)(F)F)cc1C1(N=C=O)CCC1. The topological polar surface area (TPSA) is 32.7 Å². The van der Waals surface area contributed by atoms with E-state index in [1.54, 1.807) is 19.0 Å². The molecule has 0 unspecified atom stereocenters. The Balaban J connectivity index is 2.61. The Labute approximate surface area is 115 Å². The fourth-order valence-corrected chi connectivity index (χ4v) is 2.52.